The zero-order valence-electron chi connectivity index (χ0n) is 17.5. The molecule has 1 N–H and O–H groups in total. The molecule has 1 atom stereocenters. The Kier molecular flexibility index (Phi) is 6.21. The zero-order chi connectivity index (χ0) is 21.1. The Balaban J connectivity index is 1.55. The molecule has 0 unspecified atom stereocenters. The van der Waals surface area contributed by atoms with E-state index in [1.54, 1.807) is 6.20 Å². The van der Waals surface area contributed by atoms with Crippen molar-refractivity contribution in [1.29, 1.82) is 0 Å². The third-order valence-electron chi connectivity index (χ3n) is 5.35. The number of rotatable bonds is 9. The summed E-state index contributed by atoms with van der Waals surface area (Å²) in [5.74, 6) is 0.979. The second-order valence-electron chi connectivity index (χ2n) is 7.97. The van der Waals surface area contributed by atoms with E-state index in [4.69, 9.17) is 4.74 Å². The number of aromatic nitrogens is 4. The molecule has 1 fully saturated rings. The summed E-state index contributed by atoms with van der Waals surface area (Å²) in [6.45, 7) is 4.31. The number of ether oxygens (including phenoxy) is 1. The van der Waals surface area contributed by atoms with Crippen LogP contribution in [0.4, 0.5) is 0 Å². The monoisotopic (exact) mass is 431 g/mol. The third kappa shape index (κ3) is 4.58. The molecule has 0 saturated carbocycles. The normalized spacial score (nSPS) is 17.4. The number of sulfone groups is 1. The third-order valence-corrected chi connectivity index (χ3v) is 7.18. The molecule has 2 aromatic heterocycles. The maximum absolute atomic E-state index is 12.8. The average molecular weight is 432 g/mol. The van der Waals surface area contributed by atoms with Crippen LogP contribution >= 0.6 is 0 Å². The summed E-state index contributed by atoms with van der Waals surface area (Å²) >= 11 is 0. The van der Waals surface area contributed by atoms with Crippen molar-refractivity contribution in [3.05, 3.63) is 42.0 Å². The van der Waals surface area contributed by atoms with Gasteiger partial charge in [0, 0.05) is 13.2 Å². The van der Waals surface area contributed by atoms with Gasteiger partial charge in [-0.1, -0.05) is 19.1 Å². The Morgan fingerprint density at radius 3 is 2.87 bits per heavy atom. The number of nitrogens with zero attached hydrogens (tertiary/aromatic N) is 4. The van der Waals surface area contributed by atoms with Crippen LogP contribution in [-0.2, 0) is 34.2 Å². The van der Waals surface area contributed by atoms with E-state index >= 15 is 0 Å². The van der Waals surface area contributed by atoms with Gasteiger partial charge in [-0.15, -0.1) is 0 Å². The van der Waals surface area contributed by atoms with Gasteiger partial charge in [-0.2, -0.15) is 0 Å². The number of aromatic amines is 1. The molecule has 3 aromatic rings. The van der Waals surface area contributed by atoms with E-state index in [-0.39, 0.29) is 17.0 Å². The number of fused-ring (bicyclic) bond motifs is 1. The Morgan fingerprint density at radius 2 is 2.13 bits per heavy atom. The van der Waals surface area contributed by atoms with Crippen LogP contribution in [-0.4, -0.2) is 58.3 Å². The highest BCUT2D eigenvalue weighted by Gasteiger charge is 2.26. The van der Waals surface area contributed by atoms with Crippen LogP contribution in [0.2, 0.25) is 0 Å². The molecule has 0 spiro atoms. The van der Waals surface area contributed by atoms with Crippen LogP contribution in [0.1, 0.15) is 37.7 Å². The van der Waals surface area contributed by atoms with Crippen molar-refractivity contribution in [1.82, 2.24) is 24.4 Å². The summed E-state index contributed by atoms with van der Waals surface area (Å²) in [6.07, 6.45) is 4.25. The van der Waals surface area contributed by atoms with Crippen molar-refractivity contribution in [3.8, 4) is 0 Å². The predicted molar refractivity (Wildman–Crippen MR) is 115 cm³/mol. The second kappa shape index (κ2) is 8.87. The van der Waals surface area contributed by atoms with Gasteiger partial charge in [0.1, 0.15) is 5.82 Å². The van der Waals surface area contributed by atoms with Gasteiger partial charge in [-0.3, -0.25) is 4.90 Å². The molecule has 0 radical (unpaired) electrons. The van der Waals surface area contributed by atoms with Crippen molar-refractivity contribution in [2.45, 2.75) is 57.1 Å². The highest BCUT2D eigenvalue weighted by Crippen LogP contribution is 2.21. The molecule has 1 aliphatic rings. The lowest BCUT2D eigenvalue weighted by Crippen LogP contribution is -2.25. The van der Waals surface area contributed by atoms with Gasteiger partial charge in [0.15, 0.2) is 0 Å². The standard InChI is InChI=1S/C21H29N5O3S/c1-3-11-30(27,28)21-22-12-16(26(21)14-17-7-6-10-29-17)13-25(2)15-20-23-18-8-4-5-9-19(18)24-20/h4-5,8-9,12,17H,3,6-7,10-11,13-15H2,1-2H3,(H,23,24)/t17-/m1/s1. The number of hydrogen-bond acceptors (Lipinski definition) is 6. The molecule has 9 heteroatoms. The largest absolute Gasteiger partial charge is 0.376 e. The van der Waals surface area contributed by atoms with Gasteiger partial charge in [0.05, 0.1) is 47.9 Å². The molecule has 0 aliphatic carbocycles. The summed E-state index contributed by atoms with van der Waals surface area (Å²) in [4.78, 5) is 14.4. The molecular weight excluding hydrogens is 402 g/mol. The van der Waals surface area contributed by atoms with Crippen molar-refractivity contribution in [2.75, 3.05) is 19.4 Å². The molecular formula is C21H29N5O3S. The first-order chi connectivity index (χ1) is 14.5. The SMILES string of the molecule is CCCS(=O)(=O)c1ncc(CN(C)Cc2nc3ccccc3[nH]2)n1C[C@H]1CCCO1. The number of nitrogens with one attached hydrogen (secondary N) is 1. The van der Waals surface area contributed by atoms with Crippen molar-refractivity contribution >= 4 is 20.9 Å². The maximum atomic E-state index is 12.8. The Hall–Kier alpha value is -2.23. The molecule has 1 saturated heterocycles. The van der Waals surface area contributed by atoms with Crippen molar-refractivity contribution < 1.29 is 13.2 Å². The lowest BCUT2D eigenvalue weighted by Gasteiger charge is -2.19. The van der Waals surface area contributed by atoms with E-state index in [9.17, 15) is 8.42 Å². The topological polar surface area (TPSA) is 93.1 Å². The Morgan fingerprint density at radius 1 is 1.30 bits per heavy atom. The highest BCUT2D eigenvalue weighted by atomic mass is 32.2. The number of para-hydroxylation sites is 2. The molecule has 1 aliphatic heterocycles. The minimum absolute atomic E-state index is 0.0363. The van der Waals surface area contributed by atoms with Crippen LogP contribution in [0.3, 0.4) is 0 Å². The van der Waals surface area contributed by atoms with Crippen LogP contribution in [0.25, 0.3) is 11.0 Å². The van der Waals surface area contributed by atoms with Crippen LogP contribution in [0.15, 0.2) is 35.6 Å². The first-order valence-electron chi connectivity index (χ1n) is 10.5. The molecule has 4 rings (SSSR count). The predicted octanol–water partition coefficient (Wildman–Crippen LogP) is 2.75. The Labute approximate surface area is 177 Å². The number of imidazole rings is 2. The fourth-order valence-corrected chi connectivity index (χ4v) is 5.44. The zero-order valence-corrected chi connectivity index (χ0v) is 18.4. The fraction of sp³-hybridized carbons (Fsp3) is 0.524. The molecule has 3 heterocycles. The molecule has 0 amide bonds. The van der Waals surface area contributed by atoms with E-state index in [1.807, 2.05) is 42.8 Å². The van der Waals surface area contributed by atoms with Crippen LogP contribution in [0, 0.1) is 0 Å². The quantitative estimate of drug-likeness (QED) is 0.560. The maximum Gasteiger partial charge on any atom is 0.227 e. The second-order valence-corrected chi connectivity index (χ2v) is 9.97. The summed E-state index contributed by atoms with van der Waals surface area (Å²) in [5.41, 5.74) is 2.83. The number of H-pyrrole nitrogens is 1. The van der Waals surface area contributed by atoms with Gasteiger partial charge in [0.25, 0.3) is 0 Å². The smallest absolute Gasteiger partial charge is 0.227 e. The van der Waals surface area contributed by atoms with Gasteiger partial charge < -0.3 is 14.3 Å². The number of benzene rings is 1. The first-order valence-corrected chi connectivity index (χ1v) is 12.1. The molecule has 30 heavy (non-hydrogen) atoms. The first kappa shape index (κ1) is 21.0. The van der Waals surface area contributed by atoms with E-state index in [2.05, 4.69) is 19.9 Å². The highest BCUT2D eigenvalue weighted by molar-refractivity contribution is 7.91. The Bertz CT molecular complexity index is 1070. The van der Waals surface area contributed by atoms with Gasteiger partial charge >= 0.3 is 0 Å². The van der Waals surface area contributed by atoms with Crippen LogP contribution < -0.4 is 0 Å². The molecule has 162 valence electrons. The summed E-state index contributed by atoms with van der Waals surface area (Å²) in [7, 11) is -1.42. The molecule has 0 bridgehead atoms. The van der Waals surface area contributed by atoms with Crippen LogP contribution in [0.5, 0.6) is 0 Å². The fourth-order valence-electron chi connectivity index (χ4n) is 3.98. The van der Waals surface area contributed by atoms with E-state index in [0.717, 1.165) is 42.0 Å². The average Bonchev–Trinajstić information content (AvgIpc) is 3.42. The minimum Gasteiger partial charge on any atom is -0.376 e. The summed E-state index contributed by atoms with van der Waals surface area (Å²) < 4.78 is 33.1. The lowest BCUT2D eigenvalue weighted by molar-refractivity contribution is 0.0934. The van der Waals surface area contributed by atoms with Crippen molar-refractivity contribution in [2.24, 2.45) is 0 Å². The van der Waals surface area contributed by atoms with Gasteiger partial charge in [-0.05, 0) is 38.4 Å². The van der Waals surface area contributed by atoms with Crippen molar-refractivity contribution in [3.63, 3.8) is 0 Å². The van der Waals surface area contributed by atoms with E-state index < -0.39 is 9.84 Å². The number of hydrogen-bond donors (Lipinski definition) is 1. The molecule has 1 aromatic carbocycles. The molecule has 8 nitrogen and oxygen atoms in total. The lowest BCUT2D eigenvalue weighted by atomic mass is 10.2. The van der Waals surface area contributed by atoms with E-state index in [1.165, 1.54) is 0 Å². The van der Waals surface area contributed by atoms with Gasteiger partial charge in [0.2, 0.25) is 15.0 Å². The minimum atomic E-state index is -3.41. The van der Waals surface area contributed by atoms with Gasteiger partial charge in [-0.25, -0.2) is 18.4 Å². The summed E-state index contributed by atoms with van der Waals surface area (Å²) in [5, 5.41) is 0.159. The van der Waals surface area contributed by atoms with E-state index in [0.29, 0.717) is 26.1 Å². The summed E-state index contributed by atoms with van der Waals surface area (Å²) in [6, 6.07) is 7.94.